The van der Waals surface area contributed by atoms with E-state index < -0.39 is 0 Å². The van der Waals surface area contributed by atoms with Crippen LogP contribution in [0.1, 0.15) is 47.1 Å². The molecule has 6 nitrogen and oxygen atoms in total. The fourth-order valence-electron chi connectivity index (χ4n) is 2.95. The molecule has 8 heteroatoms. The summed E-state index contributed by atoms with van der Waals surface area (Å²) >= 11 is 0. The van der Waals surface area contributed by atoms with E-state index in [0.717, 1.165) is 11.1 Å². The van der Waals surface area contributed by atoms with E-state index in [-0.39, 0.29) is 47.5 Å². The smallest absolute Gasteiger partial charge is 0.291 e. The number of carbonyl (C=O) groups excluding carboxylic acids is 1. The standard InChI is InChI=1S/C24H27FN4O2.HI/c1-4-26-24(28-17(3)19-10-7-16(2)21(25)14-19)27-15-18-8-11-20(12-9-18)29-23(30)22-6-5-13-31-22;/h5-14,17H,4,15H2,1-3H3,(H,29,30)(H2,26,27,28);1H. The summed E-state index contributed by atoms with van der Waals surface area (Å²) in [5, 5.41) is 9.30. The van der Waals surface area contributed by atoms with E-state index in [9.17, 15) is 9.18 Å². The number of anilines is 1. The van der Waals surface area contributed by atoms with Gasteiger partial charge in [0.1, 0.15) is 5.82 Å². The Morgan fingerprint density at radius 2 is 1.91 bits per heavy atom. The van der Waals surface area contributed by atoms with Crippen LogP contribution in [-0.4, -0.2) is 18.4 Å². The molecule has 0 aliphatic heterocycles. The third kappa shape index (κ3) is 7.08. The number of amides is 1. The van der Waals surface area contributed by atoms with Crippen molar-refractivity contribution in [1.82, 2.24) is 10.6 Å². The SMILES string of the molecule is CCNC(=NCc1ccc(NC(=O)c2ccco2)cc1)NC(C)c1ccc(C)c(F)c1.I. The van der Waals surface area contributed by atoms with Crippen LogP contribution in [-0.2, 0) is 6.54 Å². The molecular weight excluding hydrogens is 522 g/mol. The van der Waals surface area contributed by atoms with E-state index in [4.69, 9.17) is 4.42 Å². The maximum Gasteiger partial charge on any atom is 0.291 e. The van der Waals surface area contributed by atoms with E-state index in [1.54, 1.807) is 31.2 Å². The van der Waals surface area contributed by atoms with Gasteiger partial charge in [0.25, 0.3) is 5.91 Å². The molecular formula is C24H28FIN4O2. The largest absolute Gasteiger partial charge is 0.459 e. The van der Waals surface area contributed by atoms with E-state index in [1.807, 2.05) is 44.2 Å². The molecule has 3 aromatic rings. The normalized spacial score (nSPS) is 11.9. The summed E-state index contributed by atoms with van der Waals surface area (Å²) in [4.78, 5) is 16.7. The number of halogens is 2. The van der Waals surface area contributed by atoms with Crippen LogP contribution in [0, 0.1) is 12.7 Å². The van der Waals surface area contributed by atoms with Gasteiger partial charge < -0.3 is 20.4 Å². The lowest BCUT2D eigenvalue weighted by Crippen LogP contribution is -2.38. The third-order valence-corrected chi connectivity index (χ3v) is 4.77. The summed E-state index contributed by atoms with van der Waals surface area (Å²) in [5.41, 5.74) is 3.14. The van der Waals surface area contributed by atoms with Crippen LogP contribution in [0.15, 0.2) is 70.3 Å². The fraction of sp³-hybridized carbons (Fsp3) is 0.250. The number of aryl methyl sites for hydroxylation is 1. The van der Waals surface area contributed by atoms with Crippen molar-refractivity contribution >= 4 is 41.5 Å². The number of guanidine groups is 1. The molecule has 3 N–H and O–H groups in total. The molecule has 0 bridgehead atoms. The molecule has 2 aromatic carbocycles. The summed E-state index contributed by atoms with van der Waals surface area (Å²) in [6, 6.07) is 15.9. The highest BCUT2D eigenvalue weighted by Crippen LogP contribution is 2.16. The van der Waals surface area contributed by atoms with Gasteiger partial charge in [0, 0.05) is 12.2 Å². The van der Waals surface area contributed by atoms with E-state index in [1.165, 1.54) is 6.26 Å². The zero-order chi connectivity index (χ0) is 22.2. The van der Waals surface area contributed by atoms with Crippen LogP contribution in [0.25, 0.3) is 0 Å². The number of nitrogens with zero attached hydrogens (tertiary/aromatic N) is 1. The molecule has 0 saturated heterocycles. The first kappa shape index (κ1) is 25.4. The lowest BCUT2D eigenvalue weighted by atomic mass is 10.1. The van der Waals surface area contributed by atoms with Gasteiger partial charge in [-0.2, -0.15) is 0 Å². The lowest BCUT2D eigenvalue weighted by molar-refractivity contribution is 0.0996. The monoisotopic (exact) mass is 550 g/mol. The summed E-state index contributed by atoms with van der Waals surface area (Å²) < 4.78 is 19.0. The zero-order valence-corrected chi connectivity index (χ0v) is 20.6. The van der Waals surface area contributed by atoms with Crippen molar-refractivity contribution in [1.29, 1.82) is 0 Å². The number of nitrogens with one attached hydrogen (secondary N) is 3. The summed E-state index contributed by atoms with van der Waals surface area (Å²) in [5.74, 6) is 0.395. The maximum atomic E-state index is 13.9. The number of benzene rings is 2. The van der Waals surface area contributed by atoms with Gasteiger partial charge >= 0.3 is 0 Å². The van der Waals surface area contributed by atoms with Gasteiger partial charge in [-0.3, -0.25) is 4.79 Å². The van der Waals surface area contributed by atoms with Gasteiger partial charge in [-0.1, -0.05) is 24.3 Å². The van der Waals surface area contributed by atoms with Crippen molar-refractivity contribution in [3.63, 3.8) is 0 Å². The molecule has 32 heavy (non-hydrogen) atoms. The van der Waals surface area contributed by atoms with Crippen molar-refractivity contribution < 1.29 is 13.6 Å². The summed E-state index contributed by atoms with van der Waals surface area (Å²) in [6.07, 6.45) is 1.46. The molecule has 1 unspecified atom stereocenters. The lowest BCUT2D eigenvalue weighted by Gasteiger charge is -2.18. The van der Waals surface area contributed by atoms with E-state index >= 15 is 0 Å². The second kappa shape index (κ2) is 12.2. The van der Waals surface area contributed by atoms with Crippen molar-refractivity contribution in [3.8, 4) is 0 Å². The molecule has 0 fully saturated rings. The van der Waals surface area contributed by atoms with Crippen LogP contribution in [0.4, 0.5) is 10.1 Å². The third-order valence-electron chi connectivity index (χ3n) is 4.77. The Bertz CT molecular complexity index is 1040. The van der Waals surface area contributed by atoms with E-state index in [0.29, 0.717) is 30.3 Å². The molecule has 0 aliphatic carbocycles. The van der Waals surface area contributed by atoms with Crippen molar-refractivity contribution in [3.05, 3.63) is 89.1 Å². The highest BCUT2D eigenvalue weighted by Gasteiger charge is 2.10. The molecule has 1 atom stereocenters. The second-order valence-corrected chi connectivity index (χ2v) is 7.20. The quantitative estimate of drug-likeness (QED) is 0.209. The molecule has 0 saturated carbocycles. The average molecular weight is 550 g/mol. The van der Waals surface area contributed by atoms with Gasteiger partial charge in [0.05, 0.1) is 18.8 Å². The Morgan fingerprint density at radius 3 is 2.53 bits per heavy atom. The predicted molar refractivity (Wildman–Crippen MR) is 136 cm³/mol. The number of hydrogen-bond acceptors (Lipinski definition) is 3. The fourth-order valence-corrected chi connectivity index (χ4v) is 2.95. The minimum atomic E-state index is -0.295. The Kier molecular flexibility index (Phi) is 9.70. The van der Waals surface area contributed by atoms with Gasteiger partial charge in [-0.05, 0) is 67.8 Å². The first-order valence-corrected chi connectivity index (χ1v) is 10.2. The molecule has 0 spiro atoms. The number of furan rings is 1. The minimum absolute atomic E-state index is 0. The second-order valence-electron chi connectivity index (χ2n) is 7.20. The molecule has 3 rings (SSSR count). The Hall–Kier alpha value is -2.88. The number of carbonyl (C=O) groups is 1. The maximum absolute atomic E-state index is 13.9. The predicted octanol–water partition coefficient (Wildman–Crippen LogP) is 5.41. The van der Waals surface area contributed by atoms with Crippen molar-refractivity contribution in [2.75, 3.05) is 11.9 Å². The first-order valence-electron chi connectivity index (χ1n) is 10.2. The minimum Gasteiger partial charge on any atom is -0.459 e. The summed E-state index contributed by atoms with van der Waals surface area (Å²) in [7, 11) is 0. The van der Waals surface area contributed by atoms with Crippen molar-refractivity contribution in [2.45, 2.75) is 33.4 Å². The van der Waals surface area contributed by atoms with Crippen LogP contribution in [0.2, 0.25) is 0 Å². The molecule has 170 valence electrons. The van der Waals surface area contributed by atoms with Gasteiger partial charge in [-0.15, -0.1) is 24.0 Å². The molecule has 1 aromatic heterocycles. The van der Waals surface area contributed by atoms with Crippen molar-refractivity contribution in [2.24, 2.45) is 4.99 Å². The molecule has 1 heterocycles. The van der Waals surface area contributed by atoms with Gasteiger partial charge in [-0.25, -0.2) is 9.38 Å². The topological polar surface area (TPSA) is 78.7 Å². The van der Waals surface area contributed by atoms with Crippen LogP contribution in [0.3, 0.4) is 0 Å². The Labute approximate surface area is 204 Å². The zero-order valence-electron chi connectivity index (χ0n) is 18.3. The Morgan fingerprint density at radius 1 is 1.16 bits per heavy atom. The van der Waals surface area contributed by atoms with E-state index in [2.05, 4.69) is 20.9 Å². The van der Waals surface area contributed by atoms with Crippen LogP contribution in [0.5, 0.6) is 0 Å². The van der Waals surface area contributed by atoms with Crippen LogP contribution < -0.4 is 16.0 Å². The first-order chi connectivity index (χ1) is 15.0. The summed E-state index contributed by atoms with van der Waals surface area (Å²) in [6.45, 7) is 6.86. The molecule has 0 aliphatic rings. The van der Waals surface area contributed by atoms with Crippen LogP contribution >= 0.6 is 24.0 Å². The highest BCUT2D eigenvalue weighted by atomic mass is 127. The number of hydrogen-bond donors (Lipinski definition) is 3. The number of aliphatic imine (C=N–C) groups is 1. The highest BCUT2D eigenvalue weighted by molar-refractivity contribution is 14.0. The average Bonchev–Trinajstić information content (AvgIpc) is 3.30. The van der Waals surface area contributed by atoms with Gasteiger partial charge in [0.2, 0.25) is 0 Å². The Balaban J connectivity index is 0.00000363. The molecule has 1 amide bonds. The van der Waals surface area contributed by atoms with Gasteiger partial charge in [0.15, 0.2) is 11.7 Å². The number of rotatable bonds is 7. The molecule has 0 radical (unpaired) electrons.